The van der Waals surface area contributed by atoms with Gasteiger partial charge in [0.2, 0.25) is 15.0 Å². The third-order valence-electron chi connectivity index (χ3n) is 5.43. The molecule has 1 aliphatic rings. The molecule has 0 fully saturated rings. The molecule has 0 radical (unpaired) electrons. The van der Waals surface area contributed by atoms with Crippen LogP contribution in [-0.2, 0) is 21.2 Å². The highest BCUT2D eigenvalue weighted by atomic mass is 32.2. The number of nitrogens with zero attached hydrogens (tertiary/aromatic N) is 5. The maximum atomic E-state index is 13.0. The van der Waals surface area contributed by atoms with Crippen molar-refractivity contribution in [1.82, 2.24) is 10.2 Å². The normalized spacial score (nSPS) is 16.8. The van der Waals surface area contributed by atoms with Crippen molar-refractivity contribution in [2.75, 3.05) is 21.9 Å². The highest BCUT2D eigenvalue weighted by Crippen LogP contribution is 2.41. The van der Waals surface area contributed by atoms with Crippen molar-refractivity contribution < 1.29 is 53.1 Å². The Balaban J connectivity index is 1.97. The third-order valence-corrected chi connectivity index (χ3v) is 7.46. The number of esters is 1. The summed E-state index contributed by atoms with van der Waals surface area (Å²) in [6.07, 6.45) is -15.8. The molecule has 1 atom stereocenters. The Bertz CT molecular complexity index is 1410. The molecule has 41 heavy (non-hydrogen) atoms. The van der Waals surface area contributed by atoms with Gasteiger partial charge in [0.05, 0.1) is 5.69 Å². The van der Waals surface area contributed by atoms with E-state index >= 15 is 0 Å². The first-order valence-electron chi connectivity index (χ1n) is 11.6. The predicted molar refractivity (Wildman–Crippen MR) is 130 cm³/mol. The second-order valence-electron chi connectivity index (χ2n) is 9.40. The fraction of sp³-hybridized carbons (Fsp3) is 0.571. The zero-order chi connectivity index (χ0) is 31.0. The predicted octanol–water partition coefficient (Wildman–Crippen LogP) is 6.37. The largest absolute Gasteiger partial charge is 0.501 e. The minimum absolute atomic E-state index is 0.0290. The number of anilines is 2. The molecule has 1 aromatic heterocycles. The Kier molecular flexibility index (Phi) is 9.16. The molecule has 20 heteroatoms. The summed E-state index contributed by atoms with van der Waals surface area (Å²) in [7, 11) is -4.96. The van der Waals surface area contributed by atoms with Crippen molar-refractivity contribution in [1.29, 1.82) is 0 Å². The molecule has 1 unspecified atom stereocenters. The number of azo groups is 1. The van der Waals surface area contributed by atoms with Crippen LogP contribution >= 0.6 is 11.3 Å². The van der Waals surface area contributed by atoms with Gasteiger partial charge in [-0.1, -0.05) is 25.2 Å². The zero-order valence-electron chi connectivity index (χ0n) is 21.3. The molecule has 1 aliphatic heterocycles. The standard InChI is InChI=1S/C21H22F8N6O4S2/c1-10(2)8-35-11(3)4-5-12-6-13(14(7-15(12)35)34-41(37,38)9-19(22,23)24)30-32-18-33-31-16(40-18)17(36)39-21(28,29)20(25,26)27/h6-7,10-11,34H,4-5,8-9H2,1-3H3. The van der Waals surface area contributed by atoms with E-state index in [1.54, 1.807) is 0 Å². The van der Waals surface area contributed by atoms with E-state index in [1.807, 2.05) is 30.4 Å². The van der Waals surface area contributed by atoms with Gasteiger partial charge in [-0.25, -0.2) is 13.2 Å². The molecule has 0 spiro atoms. The summed E-state index contributed by atoms with van der Waals surface area (Å²) in [6, 6.07) is 2.74. The van der Waals surface area contributed by atoms with Gasteiger partial charge in [0.25, 0.3) is 5.13 Å². The molecule has 0 amide bonds. The van der Waals surface area contributed by atoms with Crippen molar-refractivity contribution in [2.24, 2.45) is 16.1 Å². The number of hydrogen-bond donors (Lipinski definition) is 1. The van der Waals surface area contributed by atoms with Crippen LogP contribution in [0.2, 0.25) is 0 Å². The Hall–Kier alpha value is -3.16. The monoisotopic (exact) mass is 638 g/mol. The number of sulfonamides is 1. The van der Waals surface area contributed by atoms with Crippen LogP contribution < -0.4 is 9.62 Å². The number of alkyl halides is 8. The molecular weight excluding hydrogens is 616 g/mol. The van der Waals surface area contributed by atoms with Crippen LogP contribution in [0.3, 0.4) is 0 Å². The average Bonchev–Trinajstić information content (AvgIpc) is 3.26. The SMILES string of the molecule is CC(C)CN1c2cc(NS(=O)(=O)CC(F)(F)F)c(N=Nc3nnc(C(=O)OC(F)(F)C(F)(F)F)s3)cc2CCC1C. The summed E-state index contributed by atoms with van der Waals surface area (Å²) >= 11 is 0.121. The van der Waals surface area contributed by atoms with Crippen molar-refractivity contribution >= 4 is 49.5 Å². The molecule has 2 heterocycles. The maximum absolute atomic E-state index is 13.0. The smallest absolute Gasteiger partial charge is 0.388 e. The number of halogens is 8. The average molecular weight is 639 g/mol. The van der Waals surface area contributed by atoms with Gasteiger partial charge >= 0.3 is 24.4 Å². The zero-order valence-corrected chi connectivity index (χ0v) is 23.0. The lowest BCUT2D eigenvalue weighted by Gasteiger charge is -2.38. The minimum atomic E-state index is -6.18. The van der Waals surface area contributed by atoms with Gasteiger partial charge in [-0.3, -0.25) is 4.72 Å². The quantitative estimate of drug-likeness (QED) is 0.192. The lowest BCUT2D eigenvalue weighted by molar-refractivity contribution is -0.370. The van der Waals surface area contributed by atoms with Gasteiger partial charge in [-0.15, -0.1) is 20.4 Å². The molecule has 0 bridgehead atoms. The number of rotatable bonds is 9. The molecular formula is C21H22F8N6O4S2. The van der Waals surface area contributed by atoms with Gasteiger partial charge in [-0.2, -0.15) is 35.1 Å². The van der Waals surface area contributed by atoms with Crippen LogP contribution in [0.15, 0.2) is 22.4 Å². The van der Waals surface area contributed by atoms with Crippen LogP contribution in [0.1, 0.15) is 42.6 Å². The molecule has 1 N–H and O–H groups in total. The van der Waals surface area contributed by atoms with E-state index in [-0.39, 0.29) is 34.7 Å². The summed E-state index contributed by atoms with van der Waals surface area (Å²) in [6.45, 7) is 6.40. The van der Waals surface area contributed by atoms with Crippen molar-refractivity contribution in [2.45, 2.75) is 58.1 Å². The van der Waals surface area contributed by atoms with Crippen molar-refractivity contribution in [3.8, 4) is 0 Å². The third kappa shape index (κ3) is 8.43. The van der Waals surface area contributed by atoms with Crippen molar-refractivity contribution in [3.05, 3.63) is 22.7 Å². The number of benzene rings is 1. The van der Waals surface area contributed by atoms with Crippen LogP contribution in [0, 0.1) is 5.92 Å². The van der Waals surface area contributed by atoms with E-state index in [1.165, 1.54) is 12.1 Å². The second-order valence-corrected chi connectivity index (χ2v) is 12.1. The first kappa shape index (κ1) is 32.4. The van der Waals surface area contributed by atoms with Gasteiger partial charge in [0, 0.05) is 18.3 Å². The summed E-state index contributed by atoms with van der Waals surface area (Å²) in [5.74, 6) is -4.16. The lowest BCUT2D eigenvalue weighted by atomic mass is 9.94. The Morgan fingerprint density at radius 1 is 1.15 bits per heavy atom. The lowest BCUT2D eigenvalue weighted by Crippen LogP contribution is -2.40. The first-order chi connectivity index (χ1) is 18.7. The Labute approximate surface area is 231 Å². The second kappa shape index (κ2) is 11.6. The Morgan fingerprint density at radius 3 is 2.39 bits per heavy atom. The van der Waals surface area contributed by atoms with E-state index in [4.69, 9.17) is 0 Å². The van der Waals surface area contributed by atoms with E-state index < -0.39 is 50.3 Å². The number of nitrogens with one attached hydrogen (secondary N) is 1. The molecule has 0 aliphatic carbocycles. The summed E-state index contributed by atoms with van der Waals surface area (Å²) < 4.78 is 131. The number of carbonyl (C=O) groups excluding carboxylic acids is 1. The summed E-state index contributed by atoms with van der Waals surface area (Å²) in [4.78, 5) is 13.7. The molecule has 0 saturated carbocycles. The molecule has 0 saturated heterocycles. The first-order valence-corrected chi connectivity index (χ1v) is 14.1. The topological polar surface area (TPSA) is 126 Å². The fourth-order valence-electron chi connectivity index (χ4n) is 3.75. The van der Waals surface area contributed by atoms with Crippen LogP contribution in [0.5, 0.6) is 0 Å². The number of fused-ring (bicyclic) bond motifs is 1. The number of aryl methyl sites for hydroxylation is 1. The molecule has 2 aromatic rings. The van der Waals surface area contributed by atoms with Crippen LogP contribution in [0.4, 0.5) is 57.3 Å². The van der Waals surface area contributed by atoms with Gasteiger partial charge in [0.1, 0.15) is 5.69 Å². The summed E-state index contributed by atoms with van der Waals surface area (Å²) in [5, 5.41) is 12.3. The van der Waals surface area contributed by atoms with E-state index in [0.717, 1.165) is 0 Å². The highest BCUT2D eigenvalue weighted by Gasteiger charge is 2.62. The van der Waals surface area contributed by atoms with Crippen molar-refractivity contribution in [3.63, 3.8) is 0 Å². The van der Waals surface area contributed by atoms with E-state index in [0.29, 0.717) is 30.6 Å². The number of carbonyl (C=O) groups is 1. The molecule has 1 aromatic carbocycles. The molecule has 228 valence electrons. The van der Waals surface area contributed by atoms with Gasteiger partial charge in [0.15, 0.2) is 5.75 Å². The van der Waals surface area contributed by atoms with Gasteiger partial charge in [-0.05, 0) is 43.4 Å². The van der Waals surface area contributed by atoms with E-state index in [2.05, 4.69) is 25.2 Å². The number of ether oxygens (including phenoxy) is 1. The van der Waals surface area contributed by atoms with Crippen LogP contribution in [0.25, 0.3) is 0 Å². The van der Waals surface area contributed by atoms with Crippen LogP contribution in [-0.4, -0.2) is 61.4 Å². The van der Waals surface area contributed by atoms with Gasteiger partial charge < -0.3 is 9.64 Å². The highest BCUT2D eigenvalue weighted by molar-refractivity contribution is 7.92. The Morgan fingerprint density at radius 2 is 1.80 bits per heavy atom. The van der Waals surface area contributed by atoms with E-state index in [9.17, 15) is 48.3 Å². The number of hydrogen-bond acceptors (Lipinski definition) is 10. The molecule has 10 nitrogen and oxygen atoms in total. The maximum Gasteiger partial charge on any atom is 0.501 e. The fourth-order valence-corrected chi connectivity index (χ4v) is 5.30. The summed E-state index contributed by atoms with van der Waals surface area (Å²) in [5.41, 5.74) is 0.616. The minimum Gasteiger partial charge on any atom is -0.388 e. The molecule has 3 rings (SSSR count). The number of aromatic nitrogens is 2.